The lowest BCUT2D eigenvalue weighted by molar-refractivity contribution is 0.228. The molecule has 1 fully saturated rings. The Morgan fingerprint density at radius 3 is 2.76 bits per heavy atom. The SMILES string of the molecule is Cc1ncnc(N2CCN(Cc3nc4c(F)cccc4o3)CC2)c1I. The Morgan fingerprint density at radius 2 is 2.00 bits per heavy atom. The first-order valence-electron chi connectivity index (χ1n) is 8.10. The molecule has 0 bridgehead atoms. The monoisotopic (exact) mass is 453 g/mol. The van der Waals surface area contributed by atoms with Gasteiger partial charge in [-0.3, -0.25) is 4.90 Å². The number of nitrogens with zero attached hydrogens (tertiary/aromatic N) is 5. The van der Waals surface area contributed by atoms with E-state index >= 15 is 0 Å². The average Bonchev–Trinajstić information content (AvgIpc) is 3.02. The summed E-state index contributed by atoms with van der Waals surface area (Å²) < 4.78 is 20.5. The summed E-state index contributed by atoms with van der Waals surface area (Å²) in [6.07, 6.45) is 1.62. The topological polar surface area (TPSA) is 58.3 Å². The van der Waals surface area contributed by atoms with Gasteiger partial charge in [-0.2, -0.15) is 0 Å². The van der Waals surface area contributed by atoms with E-state index in [-0.39, 0.29) is 5.82 Å². The van der Waals surface area contributed by atoms with Crippen molar-refractivity contribution >= 4 is 39.5 Å². The van der Waals surface area contributed by atoms with Gasteiger partial charge in [-0.15, -0.1) is 0 Å². The number of benzene rings is 1. The highest BCUT2D eigenvalue weighted by Crippen LogP contribution is 2.23. The van der Waals surface area contributed by atoms with E-state index in [1.807, 2.05) is 6.92 Å². The van der Waals surface area contributed by atoms with Crippen LogP contribution in [0, 0.1) is 16.3 Å². The molecule has 1 aliphatic rings. The fraction of sp³-hybridized carbons (Fsp3) is 0.353. The second kappa shape index (κ2) is 6.83. The lowest BCUT2D eigenvalue weighted by Crippen LogP contribution is -2.46. The maximum atomic E-state index is 13.7. The van der Waals surface area contributed by atoms with Crippen LogP contribution in [-0.4, -0.2) is 46.0 Å². The van der Waals surface area contributed by atoms with E-state index in [0.29, 0.717) is 23.5 Å². The molecule has 6 nitrogen and oxygen atoms in total. The summed E-state index contributed by atoms with van der Waals surface area (Å²) >= 11 is 2.30. The van der Waals surface area contributed by atoms with Crippen LogP contribution in [0.15, 0.2) is 28.9 Å². The maximum Gasteiger partial charge on any atom is 0.209 e. The molecule has 1 aromatic carbocycles. The molecule has 0 saturated carbocycles. The van der Waals surface area contributed by atoms with Crippen molar-refractivity contribution in [2.24, 2.45) is 0 Å². The zero-order chi connectivity index (χ0) is 17.4. The number of rotatable bonds is 3. The molecule has 0 spiro atoms. The summed E-state index contributed by atoms with van der Waals surface area (Å²) in [7, 11) is 0. The van der Waals surface area contributed by atoms with Crippen LogP contribution in [0.5, 0.6) is 0 Å². The van der Waals surface area contributed by atoms with Gasteiger partial charge in [0.1, 0.15) is 17.7 Å². The predicted molar refractivity (Wildman–Crippen MR) is 101 cm³/mol. The molecule has 8 heteroatoms. The number of halogens is 2. The Hall–Kier alpha value is -1.81. The molecule has 25 heavy (non-hydrogen) atoms. The summed E-state index contributed by atoms with van der Waals surface area (Å²) in [5, 5.41) is 0. The van der Waals surface area contributed by atoms with E-state index in [1.54, 1.807) is 18.5 Å². The number of hydrogen-bond acceptors (Lipinski definition) is 6. The van der Waals surface area contributed by atoms with Crippen LogP contribution >= 0.6 is 22.6 Å². The number of oxazole rings is 1. The van der Waals surface area contributed by atoms with Crippen LogP contribution in [0.4, 0.5) is 10.2 Å². The second-order valence-corrected chi connectivity index (χ2v) is 7.13. The molecule has 0 atom stereocenters. The second-order valence-electron chi connectivity index (χ2n) is 6.05. The molecule has 1 aliphatic heterocycles. The van der Waals surface area contributed by atoms with Crippen molar-refractivity contribution in [2.75, 3.05) is 31.1 Å². The third-order valence-corrected chi connectivity index (χ3v) is 5.65. The van der Waals surface area contributed by atoms with E-state index in [9.17, 15) is 4.39 Å². The van der Waals surface area contributed by atoms with Gasteiger partial charge in [0.15, 0.2) is 11.4 Å². The van der Waals surface area contributed by atoms with E-state index in [4.69, 9.17) is 4.42 Å². The predicted octanol–water partition coefficient (Wildman–Crippen LogP) is 2.99. The van der Waals surface area contributed by atoms with Crippen molar-refractivity contribution in [1.82, 2.24) is 19.9 Å². The summed E-state index contributed by atoms with van der Waals surface area (Å²) in [6.45, 7) is 6.08. The van der Waals surface area contributed by atoms with Crippen LogP contribution in [0.1, 0.15) is 11.6 Å². The first-order chi connectivity index (χ1) is 12.1. The molecule has 130 valence electrons. The smallest absolute Gasteiger partial charge is 0.209 e. The highest BCUT2D eigenvalue weighted by atomic mass is 127. The summed E-state index contributed by atoms with van der Waals surface area (Å²) in [5.74, 6) is 1.21. The van der Waals surface area contributed by atoms with E-state index in [0.717, 1.165) is 41.3 Å². The first kappa shape index (κ1) is 16.6. The van der Waals surface area contributed by atoms with Gasteiger partial charge in [0.25, 0.3) is 0 Å². The van der Waals surface area contributed by atoms with Crippen molar-refractivity contribution in [3.63, 3.8) is 0 Å². The molecule has 3 heterocycles. The van der Waals surface area contributed by atoms with Crippen molar-refractivity contribution < 1.29 is 8.81 Å². The van der Waals surface area contributed by atoms with Crippen molar-refractivity contribution in [1.29, 1.82) is 0 Å². The van der Waals surface area contributed by atoms with Crippen molar-refractivity contribution in [3.8, 4) is 0 Å². The summed E-state index contributed by atoms with van der Waals surface area (Å²) in [6, 6.07) is 4.78. The molecule has 0 N–H and O–H groups in total. The van der Waals surface area contributed by atoms with Gasteiger partial charge in [-0.25, -0.2) is 19.3 Å². The largest absolute Gasteiger partial charge is 0.439 e. The number of aryl methyl sites for hydroxylation is 1. The molecule has 1 saturated heterocycles. The van der Waals surface area contributed by atoms with Gasteiger partial charge in [-0.05, 0) is 41.6 Å². The quantitative estimate of drug-likeness (QED) is 0.569. The molecule has 0 radical (unpaired) electrons. The molecule has 0 aliphatic carbocycles. The molecular weight excluding hydrogens is 436 g/mol. The zero-order valence-corrected chi connectivity index (χ0v) is 15.9. The normalized spacial score (nSPS) is 15.9. The Bertz CT molecular complexity index is 907. The highest BCUT2D eigenvalue weighted by molar-refractivity contribution is 14.1. The highest BCUT2D eigenvalue weighted by Gasteiger charge is 2.22. The summed E-state index contributed by atoms with van der Waals surface area (Å²) in [5.41, 5.74) is 1.81. The summed E-state index contributed by atoms with van der Waals surface area (Å²) in [4.78, 5) is 17.5. The van der Waals surface area contributed by atoms with Crippen molar-refractivity contribution in [2.45, 2.75) is 13.5 Å². The molecule has 4 rings (SSSR count). The first-order valence-corrected chi connectivity index (χ1v) is 9.18. The fourth-order valence-corrected chi connectivity index (χ4v) is 3.62. The number of hydrogen-bond donors (Lipinski definition) is 0. The van der Waals surface area contributed by atoms with Gasteiger partial charge < -0.3 is 9.32 Å². The third kappa shape index (κ3) is 3.32. The third-order valence-electron chi connectivity index (χ3n) is 4.39. The molecule has 0 unspecified atom stereocenters. The molecule has 3 aromatic rings. The number of anilines is 1. The zero-order valence-electron chi connectivity index (χ0n) is 13.7. The Balaban J connectivity index is 1.43. The average molecular weight is 453 g/mol. The molecular formula is C17H17FIN5O. The van der Waals surface area contributed by atoms with Gasteiger partial charge in [0.05, 0.1) is 15.8 Å². The van der Waals surface area contributed by atoms with E-state index in [2.05, 4.69) is 47.3 Å². The van der Waals surface area contributed by atoms with Crippen LogP contribution in [0.25, 0.3) is 11.1 Å². The number of fused-ring (bicyclic) bond motifs is 1. The van der Waals surface area contributed by atoms with Crippen LogP contribution in [0.3, 0.4) is 0 Å². The fourth-order valence-electron chi connectivity index (χ4n) is 3.00. The van der Waals surface area contributed by atoms with Gasteiger partial charge in [0.2, 0.25) is 5.89 Å². The number of para-hydroxylation sites is 1. The Labute approximate surface area is 158 Å². The van der Waals surface area contributed by atoms with E-state index in [1.165, 1.54) is 6.07 Å². The molecule has 0 amide bonds. The van der Waals surface area contributed by atoms with Crippen LogP contribution in [-0.2, 0) is 6.54 Å². The minimum Gasteiger partial charge on any atom is -0.439 e. The van der Waals surface area contributed by atoms with Crippen LogP contribution in [0.2, 0.25) is 0 Å². The van der Waals surface area contributed by atoms with E-state index < -0.39 is 0 Å². The van der Waals surface area contributed by atoms with Crippen molar-refractivity contribution in [3.05, 3.63) is 45.5 Å². The standard InChI is InChI=1S/C17H17FIN5O/c1-11-15(19)17(21-10-20-11)24-7-5-23(6-8-24)9-14-22-16-12(18)3-2-4-13(16)25-14/h2-4,10H,5-9H2,1H3. The Kier molecular flexibility index (Phi) is 4.55. The van der Waals surface area contributed by atoms with Gasteiger partial charge in [-0.1, -0.05) is 6.07 Å². The number of aromatic nitrogens is 3. The lowest BCUT2D eigenvalue weighted by atomic mass is 10.3. The molecule has 2 aromatic heterocycles. The van der Waals surface area contributed by atoms with Gasteiger partial charge >= 0.3 is 0 Å². The van der Waals surface area contributed by atoms with Crippen LogP contribution < -0.4 is 4.90 Å². The lowest BCUT2D eigenvalue weighted by Gasteiger charge is -2.35. The van der Waals surface area contributed by atoms with Gasteiger partial charge in [0, 0.05) is 26.2 Å². The Morgan fingerprint density at radius 1 is 1.20 bits per heavy atom. The maximum absolute atomic E-state index is 13.7. The minimum absolute atomic E-state index is 0.308. The number of piperazine rings is 1. The minimum atomic E-state index is -0.342.